The maximum atomic E-state index is 5.82. The molecule has 0 saturated carbocycles. The van der Waals surface area contributed by atoms with Gasteiger partial charge in [0.25, 0.3) is 0 Å². The first-order chi connectivity index (χ1) is 12.8. The molecule has 1 aliphatic heterocycles. The van der Waals surface area contributed by atoms with Gasteiger partial charge in [0.15, 0.2) is 0 Å². The summed E-state index contributed by atoms with van der Waals surface area (Å²) in [7, 11) is 0. The third kappa shape index (κ3) is 6.38. The van der Waals surface area contributed by atoms with Gasteiger partial charge in [-0.3, -0.25) is 0 Å². The molecule has 0 N–H and O–H groups in total. The van der Waals surface area contributed by atoms with Gasteiger partial charge in [0.2, 0.25) is 0 Å². The number of benzene rings is 2. The van der Waals surface area contributed by atoms with Crippen molar-refractivity contribution in [2.45, 2.75) is 39.0 Å². The molecular formula is C23H31NO2. The van der Waals surface area contributed by atoms with Crippen molar-refractivity contribution in [3.05, 3.63) is 59.7 Å². The quantitative estimate of drug-likeness (QED) is 0.569. The number of hydrogen-bond acceptors (Lipinski definition) is 3. The van der Waals surface area contributed by atoms with E-state index in [0.29, 0.717) is 13.2 Å². The Morgan fingerprint density at radius 3 is 1.96 bits per heavy atom. The third-order valence-electron chi connectivity index (χ3n) is 4.91. The van der Waals surface area contributed by atoms with Crippen LogP contribution in [0.3, 0.4) is 0 Å². The van der Waals surface area contributed by atoms with Crippen LogP contribution in [0, 0.1) is 6.92 Å². The van der Waals surface area contributed by atoms with Crippen LogP contribution in [0.4, 0.5) is 0 Å². The Hall–Kier alpha value is -2.00. The average molecular weight is 354 g/mol. The number of likely N-dealkylation sites (tertiary alicyclic amines) is 1. The highest BCUT2D eigenvalue weighted by atomic mass is 16.5. The van der Waals surface area contributed by atoms with Crippen molar-refractivity contribution >= 4 is 0 Å². The molecule has 0 spiro atoms. The highest BCUT2D eigenvalue weighted by Gasteiger charge is 2.10. The van der Waals surface area contributed by atoms with Gasteiger partial charge < -0.3 is 14.4 Å². The Balaban J connectivity index is 1.28. The van der Waals surface area contributed by atoms with E-state index in [2.05, 4.69) is 48.2 Å². The number of aryl methyl sites for hydroxylation is 2. The second kappa shape index (κ2) is 10.2. The second-order valence-electron chi connectivity index (χ2n) is 7.16. The maximum absolute atomic E-state index is 5.82. The zero-order valence-corrected chi connectivity index (χ0v) is 16.0. The summed E-state index contributed by atoms with van der Waals surface area (Å²) >= 11 is 0. The second-order valence-corrected chi connectivity index (χ2v) is 7.16. The standard InChI is InChI=1S/C23H31NO2/c1-20-7-11-22(12-8-20)25-18-5-19-26-23-13-9-21(10-14-23)6-4-17-24-15-2-3-16-24/h7-14H,2-6,15-19H2,1H3. The topological polar surface area (TPSA) is 21.7 Å². The van der Waals surface area contributed by atoms with Gasteiger partial charge in [-0.2, -0.15) is 0 Å². The van der Waals surface area contributed by atoms with Gasteiger partial charge >= 0.3 is 0 Å². The number of rotatable bonds is 10. The highest BCUT2D eigenvalue weighted by Crippen LogP contribution is 2.15. The lowest BCUT2D eigenvalue weighted by atomic mass is 10.1. The third-order valence-corrected chi connectivity index (χ3v) is 4.91. The molecule has 0 unspecified atom stereocenters. The Morgan fingerprint density at radius 1 is 0.769 bits per heavy atom. The minimum atomic E-state index is 0.678. The van der Waals surface area contributed by atoms with Crippen molar-refractivity contribution in [1.29, 1.82) is 0 Å². The molecule has 0 aliphatic carbocycles. The van der Waals surface area contributed by atoms with Gasteiger partial charge in [0.05, 0.1) is 13.2 Å². The van der Waals surface area contributed by atoms with Gasteiger partial charge in [-0.1, -0.05) is 29.8 Å². The van der Waals surface area contributed by atoms with Crippen molar-refractivity contribution in [2.24, 2.45) is 0 Å². The highest BCUT2D eigenvalue weighted by molar-refractivity contribution is 5.27. The first-order valence-corrected chi connectivity index (χ1v) is 9.93. The van der Waals surface area contributed by atoms with E-state index >= 15 is 0 Å². The number of ether oxygens (including phenoxy) is 2. The van der Waals surface area contributed by atoms with E-state index in [1.165, 1.54) is 50.0 Å². The molecule has 2 aromatic rings. The summed E-state index contributed by atoms with van der Waals surface area (Å²) < 4.78 is 11.5. The largest absolute Gasteiger partial charge is 0.493 e. The van der Waals surface area contributed by atoms with Crippen molar-refractivity contribution in [1.82, 2.24) is 4.90 Å². The smallest absolute Gasteiger partial charge is 0.119 e. The van der Waals surface area contributed by atoms with Crippen molar-refractivity contribution < 1.29 is 9.47 Å². The van der Waals surface area contributed by atoms with E-state index < -0.39 is 0 Å². The summed E-state index contributed by atoms with van der Waals surface area (Å²) in [5.41, 5.74) is 2.65. The van der Waals surface area contributed by atoms with Crippen LogP contribution in [-0.2, 0) is 6.42 Å². The van der Waals surface area contributed by atoms with Crippen molar-refractivity contribution in [3.63, 3.8) is 0 Å². The Bertz CT molecular complexity index is 630. The zero-order chi connectivity index (χ0) is 18.0. The first kappa shape index (κ1) is 18.8. The van der Waals surface area contributed by atoms with Gasteiger partial charge in [-0.25, -0.2) is 0 Å². The van der Waals surface area contributed by atoms with E-state index in [9.17, 15) is 0 Å². The molecule has 1 saturated heterocycles. The number of nitrogens with zero attached hydrogens (tertiary/aromatic N) is 1. The molecule has 1 fully saturated rings. The fourth-order valence-corrected chi connectivity index (χ4v) is 3.34. The van der Waals surface area contributed by atoms with Crippen LogP contribution < -0.4 is 9.47 Å². The predicted molar refractivity (Wildman–Crippen MR) is 107 cm³/mol. The van der Waals surface area contributed by atoms with Crippen LogP contribution in [-0.4, -0.2) is 37.7 Å². The van der Waals surface area contributed by atoms with Gasteiger partial charge in [-0.15, -0.1) is 0 Å². The molecule has 140 valence electrons. The molecule has 3 nitrogen and oxygen atoms in total. The fourth-order valence-electron chi connectivity index (χ4n) is 3.34. The van der Waals surface area contributed by atoms with Gasteiger partial charge in [0, 0.05) is 6.42 Å². The summed E-state index contributed by atoms with van der Waals surface area (Å²) in [6.07, 6.45) is 6.04. The van der Waals surface area contributed by atoms with E-state index in [1.54, 1.807) is 0 Å². The lowest BCUT2D eigenvalue weighted by Crippen LogP contribution is -2.20. The molecule has 0 aromatic heterocycles. The van der Waals surface area contributed by atoms with Crippen LogP contribution in [0.2, 0.25) is 0 Å². The molecule has 26 heavy (non-hydrogen) atoms. The summed E-state index contributed by atoms with van der Waals surface area (Å²) in [6.45, 7) is 7.26. The number of hydrogen-bond donors (Lipinski definition) is 0. The molecule has 0 radical (unpaired) electrons. The summed E-state index contributed by atoms with van der Waals surface area (Å²) in [6, 6.07) is 16.7. The maximum Gasteiger partial charge on any atom is 0.119 e. The average Bonchev–Trinajstić information content (AvgIpc) is 3.18. The van der Waals surface area contributed by atoms with E-state index in [1.807, 2.05) is 12.1 Å². The van der Waals surface area contributed by atoms with Crippen LogP contribution in [0.1, 0.15) is 36.8 Å². The summed E-state index contributed by atoms with van der Waals surface area (Å²) in [4.78, 5) is 2.58. The predicted octanol–water partition coefficient (Wildman–Crippen LogP) is 4.87. The minimum absolute atomic E-state index is 0.678. The van der Waals surface area contributed by atoms with E-state index in [-0.39, 0.29) is 0 Å². The molecule has 3 heteroatoms. The van der Waals surface area contributed by atoms with Gasteiger partial charge in [-0.05, 0) is 82.1 Å². The van der Waals surface area contributed by atoms with Gasteiger partial charge in [0.1, 0.15) is 11.5 Å². The molecular weight excluding hydrogens is 322 g/mol. The normalized spacial score (nSPS) is 14.5. The minimum Gasteiger partial charge on any atom is -0.493 e. The van der Waals surface area contributed by atoms with Crippen molar-refractivity contribution in [3.8, 4) is 11.5 Å². The Kier molecular flexibility index (Phi) is 7.38. The fraction of sp³-hybridized carbons (Fsp3) is 0.478. The SMILES string of the molecule is Cc1ccc(OCCCOc2ccc(CCCN3CCCC3)cc2)cc1. The molecule has 0 amide bonds. The van der Waals surface area contributed by atoms with Crippen molar-refractivity contribution in [2.75, 3.05) is 32.8 Å². The molecule has 3 rings (SSSR count). The molecule has 0 bridgehead atoms. The summed E-state index contributed by atoms with van der Waals surface area (Å²) in [5.74, 6) is 1.87. The lowest BCUT2D eigenvalue weighted by Gasteiger charge is -2.14. The van der Waals surface area contributed by atoms with Crippen LogP contribution in [0.15, 0.2) is 48.5 Å². The van der Waals surface area contributed by atoms with Crippen LogP contribution in [0.25, 0.3) is 0 Å². The Morgan fingerprint density at radius 2 is 1.35 bits per heavy atom. The zero-order valence-electron chi connectivity index (χ0n) is 16.0. The molecule has 2 aromatic carbocycles. The molecule has 1 aliphatic rings. The van der Waals surface area contributed by atoms with E-state index in [0.717, 1.165) is 24.3 Å². The molecule has 0 atom stereocenters. The van der Waals surface area contributed by atoms with Crippen LogP contribution >= 0.6 is 0 Å². The summed E-state index contributed by atoms with van der Waals surface area (Å²) in [5, 5.41) is 0. The monoisotopic (exact) mass is 353 g/mol. The van der Waals surface area contributed by atoms with Crippen LogP contribution in [0.5, 0.6) is 11.5 Å². The lowest BCUT2D eigenvalue weighted by molar-refractivity contribution is 0.247. The Labute approximate surface area is 157 Å². The first-order valence-electron chi connectivity index (χ1n) is 9.93. The van der Waals surface area contributed by atoms with E-state index in [4.69, 9.17) is 9.47 Å². The molecule has 1 heterocycles.